The first-order valence-corrected chi connectivity index (χ1v) is 8.71. The van der Waals surface area contributed by atoms with Crippen LogP contribution in [-0.2, 0) is 13.0 Å². The van der Waals surface area contributed by atoms with Crippen LogP contribution >= 0.6 is 0 Å². The van der Waals surface area contributed by atoms with Gasteiger partial charge in [-0.3, -0.25) is 9.59 Å². The van der Waals surface area contributed by atoms with Crippen LogP contribution in [0.25, 0.3) is 0 Å². The Kier molecular flexibility index (Phi) is 5.03. The molecule has 0 aliphatic carbocycles. The average molecular weight is 351 g/mol. The number of hydrogen-bond donors (Lipinski definition) is 2. The van der Waals surface area contributed by atoms with Crippen molar-refractivity contribution in [3.63, 3.8) is 0 Å². The topological polar surface area (TPSA) is 99.8 Å². The van der Waals surface area contributed by atoms with Gasteiger partial charge in [-0.1, -0.05) is 0 Å². The van der Waals surface area contributed by atoms with Crippen LogP contribution < -0.4 is 10.6 Å². The number of nitrogens with one attached hydrogen (secondary N) is 2. The lowest BCUT2D eigenvalue weighted by Gasteiger charge is -2.17. The molecule has 3 rings (SSSR count). The minimum absolute atomic E-state index is 0.00466. The summed E-state index contributed by atoms with van der Waals surface area (Å²) in [5, 5.41) is 14.5. The molecule has 0 atom stereocenters. The molecular formula is C19H21N5O2. The highest BCUT2D eigenvalue weighted by molar-refractivity contribution is 6.05. The lowest BCUT2D eigenvalue weighted by Crippen LogP contribution is -2.33. The monoisotopic (exact) mass is 351 g/mol. The van der Waals surface area contributed by atoms with Gasteiger partial charge in [0.2, 0.25) is 0 Å². The molecule has 7 heteroatoms. The fourth-order valence-corrected chi connectivity index (χ4v) is 3.04. The van der Waals surface area contributed by atoms with Gasteiger partial charge in [-0.15, -0.1) is 0 Å². The van der Waals surface area contributed by atoms with Gasteiger partial charge in [-0.25, -0.2) is 4.98 Å². The van der Waals surface area contributed by atoms with Gasteiger partial charge in [0.15, 0.2) is 11.5 Å². The van der Waals surface area contributed by atoms with Crippen molar-refractivity contribution in [1.29, 1.82) is 5.26 Å². The second kappa shape index (κ2) is 7.40. The first-order chi connectivity index (χ1) is 12.5. The van der Waals surface area contributed by atoms with E-state index in [1.807, 2.05) is 24.5 Å². The molecule has 2 N–H and O–H groups in total. The Balaban J connectivity index is 1.88. The van der Waals surface area contributed by atoms with E-state index in [2.05, 4.69) is 15.6 Å². The summed E-state index contributed by atoms with van der Waals surface area (Å²) in [7, 11) is 0. The van der Waals surface area contributed by atoms with E-state index in [-0.39, 0.29) is 17.9 Å². The number of aromatic nitrogens is 2. The van der Waals surface area contributed by atoms with Crippen molar-refractivity contribution in [2.75, 3.05) is 5.32 Å². The van der Waals surface area contributed by atoms with Gasteiger partial charge in [0.25, 0.3) is 11.8 Å². The molecule has 0 spiro atoms. The second-order valence-corrected chi connectivity index (χ2v) is 6.61. The van der Waals surface area contributed by atoms with Crippen LogP contribution in [0.15, 0.2) is 24.3 Å². The molecule has 1 aromatic heterocycles. The number of benzene rings is 1. The third-order valence-corrected chi connectivity index (χ3v) is 4.23. The minimum atomic E-state index is -0.344. The van der Waals surface area contributed by atoms with E-state index < -0.39 is 0 Å². The van der Waals surface area contributed by atoms with Crippen LogP contribution in [-0.4, -0.2) is 27.4 Å². The minimum Gasteiger partial charge on any atom is -0.347 e. The number of carbonyl (C=O) groups excluding carboxylic acids is 2. The third-order valence-electron chi connectivity index (χ3n) is 4.23. The summed E-state index contributed by atoms with van der Waals surface area (Å²) in [6.45, 7) is 4.46. The molecule has 0 bridgehead atoms. The van der Waals surface area contributed by atoms with Crippen molar-refractivity contribution in [2.45, 2.75) is 45.7 Å². The fraction of sp³-hybridized carbons (Fsp3) is 0.368. The normalized spacial score (nSPS) is 13.0. The van der Waals surface area contributed by atoms with E-state index in [1.54, 1.807) is 24.3 Å². The van der Waals surface area contributed by atoms with E-state index in [0.29, 0.717) is 29.3 Å². The van der Waals surface area contributed by atoms with E-state index in [9.17, 15) is 9.59 Å². The van der Waals surface area contributed by atoms with E-state index >= 15 is 0 Å². The lowest BCUT2D eigenvalue weighted by molar-refractivity contribution is 0.0927. The maximum absolute atomic E-state index is 12.7. The Morgan fingerprint density at radius 1 is 1.19 bits per heavy atom. The van der Waals surface area contributed by atoms with Crippen molar-refractivity contribution in [2.24, 2.45) is 0 Å². The quantitative estimate of drug-likeness (QED) is 0.884. The molecule has 0 saturated heterocycles. The summed E-state index contributed by atoms with van der Waals surface area (Å²) in [5.41, 5.74) is 2.20. The molecule has 0 fully saturated rings. The van der Waals surface area contributed by atoms with Crippen molar-refractivity contribution < 1.29 is 9.59 Å². The predicted octanol–water partition coefficient (Wildman–Crippen LogP) is 2.48. The van der Waals surface area contributed by atoms with Crippen LogP contribution in [0.2, 0.25) is 0 Å². The van der Waals surface area contributed by atoms with E-state index in [0.717, 1.165) is 25.0 Å². The van der Waals surface area contributed by atoms with Gasteiger partial charge < -0.3 is 15.2 Å². The Hall–Kier alpha value is -3.14. The van der Waals surface area contributed by atoms with Gasteiger partial charge in [0.05, 0.1) is 17.3 Å². The highest BCUT2D eigenvalue weighted by Gasteiger charge is 2.27. The molecule has 2 amide bonds. The highest BCUT2D eigenvalue weighted by Crippen LogP contribution is 2.22. The van der Waals surface area contributed by atoms with Crippen molar-refractivity contribution in [3.05, 3.63) is 47.0 Å². The van der Waals surface area contributed by atoms with Gasteiger partial charge in [-0.05, 0) is 57.4 Å². The Bertz CT molecular complexity index is 875. The number of carbonyl (C=O) groups is 2. The molecule has 26 heavy (non-hydrogen) atoms. The molecular weight excluding hydrogens is 330 g/mol. The molecule has 1 aromatic carbocycles. The summed E-state index contributed by atoms with van der Waals surface area (Å²) in [5.74, 6) is -0.317. The maximum atomic E-state index is 12.7. The molecule has 0 unspecified atom stereocenters. The highest BCUT2D eigenvalue weighted by atomic mass is 16.2. The molecule has 7 nitrogen and oxygen atoms in total. The zero-order valence-corrected chi connectivity index (χ0v) is 14.9. The SMILES string of the molecule is CC(C)NC(=O)c1nc(C(=O)Nc2ccc(C#N)cc2)c2n1CCCC2. The molecule has 2 aromatic rings. The summed E-state index contributed by atoms with van der Waals surface area (Å²) in [6, 6.07) is 8.66. The summed E-state index contributed by atoms with van der Waals surface area (Å²) in [4.78, 5) is 29.5. The largest absolute Gasteiger partial charge is 0.347 e. The van der Waals surface area contributed by atoms with Gasteiger partial charge >= 0.3 is 0 Å². The lowest BCUT2D eigenvalue weighted by atomic mass is 10.1. The average Bonchev–Trinajstić information content (AvgIpc) is 3.02. The van der Waals surface area contributed by atoms with E-state index in [1.165, 1.54) is 0 Å². The zero-order valence-electron chi connectivity index (χ0n) is 14.9. The molecule has 0 radical (unpaired) electrons. The number of imidazole rings is 1. The zero-order chi connectivity index (χ0) is 18.7. The summed E-state index contributed by atoms with van der Waals surface area (Å²) < 4.78 is 1.86. The number of nitrogens with zero attached hydrogens (tertiary/aromatic N) is 3. The molecule has 0 saturated carbocycles. The van der Waals surface area contributed by atoms with Crippen molar-refractivity contribution >= 4 is 17.5 Å². The van der Waals surface area contributed by atoms with Crippen LogP contribution in [0.5, 0.6) is 0 Å². The second-order valence-electron chi connectivity index (χ2n) is 6.61. The summed E-state index contributed by atoms with van der Waals surface area (Å²) in [6.07, 6.45) is 2.65. The number of rotatable bonds is 4. The number of hydrogen-bond acceptors (Lipinski definition) is 4. The number of amides is 2. The van der Waals surface area contributed by atoms with Crippen molar-refractivity contribution in [1.82, 2.24) is 14.9 Å². The Morgan fingerprint density at radius 2 is 1.92 bits per heavy atom. The van der Waals surface area contributed by atoms with Gasteiger partial charge in [0, 0.05) is 18.3 Å². The molecule has 2 heterocycles. The first kappa shape index (κ1) is 17.7. The summed E-state index contributed by atoms with van der Waals surface area (Å²) >= 11 is 0. The van der Waals surface area contributed by atoms with Crippen LogP contribution in [0.1, 0.15) is 59.1 Å². The maximum Gasteiger partial charge on any atom is 0.287 e. The predicted molar refractivity (Wildman–Crippen MR) is 96.9 cm³/mol. The smallest absolute Gasteiger partial charge is 0.287 e. The van der Waals surface area contributed by atoms with Gasteiger partial charge in [0.1, 0.15) is 0 Å². The van der Waals surface area contributed by atoms with Crippen molar-refractivity contribution in [3.8, 4) is 6.07 Å². The third kappa shape index (κ3) is 3.59. The van der Waals surface area contributed by atoms with Gasteiger partial charge in [-0.2, -0.15) is 5.26 Å². The fourth-order valence-electron chi connectivity index (χ4n) is 3.04. The molecule has 1 aliphatic rings. The number of fused-ring (bicyclic) bond motifs is 1. The number of anilines is 1. The molecule has 1 aliphatic heterocycles. The standard InChI is InChI=1S/C19H21N5O2/c1-12(2)21-19(26)17-23-16(15-5-3-4-10-24(15)17)18(25)22-14-8-6-13(11-20)7-9-14/h6-9,12H,3-5,10H2,1-2H3,(H,21,26)(H,22,25). The Morgan fingerprint density at radius 3 is 2.58 bits per heavy atom. The van der Waals surface area contributed by atoms with Crippen LogP contribution in [0.3, 0.4) is 0 Å². The van der Waals surface area contributed by atoms with Crippen LogP contribution in [0.4, 0.5) is 5.69 Å². The van der Waals surface area contributed by atoms with Crippen LogP contribution in [0, 0.1) is 11.3 Å². The van der Waals surface area contributed by atoms with E-state index in [4.69, 9.17) is 5.26 Å². The first-order valence-electron chi connectivity index (χ1n) is 8.71. The molecule has 134 valence electrons. The Labute approximate surface area is 152 Å². The number of nitriles is 1.